The van der Waals surface area contributed by atoms with E-state index in [0.717, 1.165) is 35.2 Å². The third-order valence-electron chi connectivity index (χ3n) is 2.81. The average molecular weight is 234 g/mol. The Kier molecular flexibility index (Phi) is 3.48. The number of aryl methyl sites for hydroxylation is 1. The summed E-state index contributed by atoms with van der Waals surface area (Å²) in [4.78, 5) is 3.34. The highest BCUT2D eigenvalue weighted by molar-refractivity contribution is 5.83. The molecule has 0 spiro atoms. The molecule has 0 radical (unpaired) electrons. The molecule has 92 valence electrons. The van der Waals surface area contributed by atoms with Crippen molar-refractivity contribution in [3.05, 3.63) is 35.3 Å². The van der Waals surface area contributed by atoms with Gasteiger partial charge in [-0.15, -0.1) is 0 Å². The third kappa shape index (κ3) is 2.86. The smallest absolute Gasteiger partial charge is 0.124 e. The van der Waals surface area contributed by atoms with E-state index in [0.29, 0.717) is 5.92 Å². The van der Waals surface area contributed by atoms with Crippen molar-refractivity contribution in [1.29, 1.82) is 0 Å². The summed E-state index contributed by atoms with van der Waals surface area (Å²) in [5.41, 5.74) is 3.09. The van der Waals surface area contributed by atoms with Gasteiger partial charge < -0.3 is 10.3 Å². The van der Waals surface area contributed by atoms with Crippen molar-refractivity contribution in [3.63, 3.8) is 0 Å². The van der Waals surface area contributed by atoms with Gasteiger partial charge in [0.25, 0.3) is 0 Å². The largest absolute Gasteiger partial charge is 0.357 e. The molecule has 0 saturated heterocycles. The second-order valence-electron chi connectivity index (χ2n) is 5.01. The molecular weight excluding hydrogens is 215 g/mol. The van der Waals surface area contributed by atoms with Gasteiger partial charge in [-0.3, -0.25) is 0 Å². The van der Waals surface area contributed by atoms with Gasteiger partial charge in [0.2, 0.25) is 0 Å². The van der Waals surface area contributed by atoms with E-state index < -0.39 is 0 Å². The molecule has 17 heavy (non-hydrogen) atoms. The molecule has 1 aromatic heterocycles. The van der Waals surface area contributed by atoms with Crippen LogP contribution in [-0.4, -0.2) is 11.5 Å². The van der Waals surface area contributed by atoms with Crippen molar-refractivity contribution in [2.45, 2.75) is 27.3 Å². The zero-order chi connectivity index (χ0) is 12.4. The Morgan fingerprint density at radius 1 is 1.29 bits per heavy atom. The number of hydrogen-bond donors (Lipinski definition) is 2. The highest BCUT2D eigenvalue weighted by Crippen LogP contribution is 2.20. The predicted molar refractivity (Wildman–Crippen MR) is 69.5 cm³/mol. The molecule has 0 saturated carbocycles. The fraction of sp³-hybridized carbons (Fsp3) is 0.429. The summed E-state index contributed by atoms with van der Waals surface area (Å²) in [5.74, 6) is 0.467. The summed E-state index contributed by atoms with van der Waals surface area (Å²) in [7, 11) is 0. The van der Waals surface area contributed by atoms with Gasteiger partial charge in [0, 0.05) is 23.1 Å². The average Bonchev–Trinajstić information content (AvgIpc) is 2.60. The van der Waals surface area contributed by atoms with Crippen LogP contribution in [0.5, 0.6) is 0 Å². The van der Waals surface area contributed by atoms with Crippen LogP contribution in [0.1, 0.15) is 25.1 Å². The molecule has 0 bridgehead atoms. The summed E-state index contributed by atoms with van der Waals surface area (Å²) >= 11 is 0. The number of nitrogens with one attached hydrogen (secondary N) is 2. The van der Waals surface area contributed by atoms with Crippen LogP contribution in [0.4, 0.5) is 4.39 Å². The molecule has 0 amide bonds. The second kappa shape index (κ2) is 4.88. The maximum atomic E-state index is 13.2. The van der Waals surface area contributed by atoms with Crippen molar-refractivity contribution in [2.24, 2.45) is 5.92 Å². The molecule has 0 unspecified atom stereocenters. The van der Waals surface area contributed by atoms with Crippen LogP contribution in [-0.2, 0) is 6.54 Å². The van der Waals surface area contributed by atoms with E-state index in [1.54, 1.807) is 12.1 Å². The zero-order valence-electron chi connectivity index (χ0n) is 10.6. The van der Waals surface area contributed by atoms with E-state index in [-0.39, 0.29) is 5.82 Å². The Labute approximate surface area is 101 Å². The lowest BCUT2D eigenvalue weighted by Gasteiger charge is -2.05. The van der Waals surface area contributed by atoms with Crippen LogP contribution in [0.15, 0.2) is 18.2 Å². The van der Waals surface area contributed by atoms with Crippen LogP contribution in [0.2, 0.25) is 0 Å². The molecule has 0 aliphatic carbocycles. The minimum absolute atomic E-state index is 0.171. The summed E-state index contributed by atoms with van der Waals surface area (Å²) in [5, 5.41) is 4.32. The molecule has 0 aliphatic rings. The van der Waals surface area contributed by atoms with Crippen molar-refractivity contribution in [1.82, 2.24) is 10.3 Å². The topological polar surface area (TPSA) is 27.8 Å². The predicted octanol–water partition coefficient (Wildman–Crippen LogP) is 3.36. The lowest BCUT2D eigenvalue weighted by Crippen LogP contribution is -2.19. The first kappa shape index (κ1) is 12.1. The molecule has 3 heteroatoms. The summed E-state index contributed by atoms with van der Waals surface area (Å²) in [6.07, 6.45) is 0. The highest BCUT2D eigenvalue weighted by Gasteiger charge is 2.05. The van der Waals surface area contributed by atoms with Crippen molar-refractivity contribution < 1.29 is 4.39 Å². The lowest BCUT2D eigenvalue weighted by molar-refractivity contribution is 0.549. The first-order valence-corrected chi connectivity index (χ1v) is 6.04. The van der Waals surface area contributed by atoms with Gasteiger partial charge in [-0.2, -0.15) is 0 Å². The Balaban J connectivity index is 2.17. The Morgan fingerprint density at radius 3 is 2.76 bits per heavy atom. The molecule has 1 heterocycles. The van der Waals surface area contributed by atoms with Gasteiger partial charge in [-0.05, 0) is 43.1 Å². The molecule has 2 N–H and O–H groups in total. The molecule has 2 nitrogen and oxygen atoms in total. The van der Waals surface area contributed by atoms with Crippen molar-refractivity contribution in [2.75, 3.05) is 6.54 Å². The van der Waals surface area contributed by atoms with Gasteiger partial charge in [-0.25, -0.2) is 4.39 Å². The fourth-order valence-corrected chi connectivity index (χ4v) is 2.03. The van der Waals surface area contributed by atoms with Crippen LogP contribution < -0.4 is 5.32 Å². The minimum atomic E-state index is -0.171. The Morgan fingerprint density at radius 2 is 2.06 bits per heavy atom. The normalized spacial score (nSPS) is 11.6. The number of benzene rings is 1. The second-order valence-corrected chi connectivity index (χ2v) is 5.01. The van der Waals surface area contributed by atoms with E-state index in [2.05, 4.69) is 24.1 Å². The molecule has 2 aromatic rings. The van der Waals surface area contributed by atoms with Gasteiger partial charge in [0.15, 0.2) is 0 Å². The number of rotatable bonds is 4. The molecule has 1 aromatic carbocycles. The summed E-state index contributed by atoms with van der Waals surface area (Å²) in [6, 6.07) is 5.15. The highest BCUT2D eigenvalue weighted by atomic mass is 19.1. The number of H-pyrrole nitrogens is 1. The van der Waals surface area contributed by atoms with E-state index >= 15 is 0 Å². The van der Waals surface area contributed by atoms with Crippen LogP contribution in [0.25, 0.3) is 10.9 Å². The lowest BCUT2D eigenvalue weighted by atomic mass is 10.1. The third-order valence-corrected chi connectivity index (χ3v) is 2.81. The van der Waals surface area contributed by atoms with E-state index in [1.165, 1.54) is 0 Å². The van der Waals surface area contributed by atoms with Gasteiger partial charge >= 0.3 is 0 Å². The zero-order valence-corrected chi connectivity index (χ0v) is 10.6. The molecule has 0 atom stereocenters. The summed E-state index contributed by atoms with van der Waals surface area (Å²) < 4.78 is 13.2. The van der Waals surface area contributed by atoms with Crippen LogP contribution in [0, 0.1) is 18.7 Å². The molecule has 0 aliphatic heterocycles. The summed E-state index contributed by atoms with van der Waals surface area (Å²) in [6.45, 7) is 8.07. The first-order chi connectivity index (χ1) is 8.06. The molecule has 2 rings (SSSR count). The van der Waals surface area contributed by atoms with Crippen LogP contribution >= 0.6 is 0 Å². The molecule has 0 fully saturated rings. The Hall–Kier alpha value is -1.35. The quantitative estimate of drug-likeness (QED) is 0.834. The monoisotopic (exact) mass is 234 g/mol. The number of aromatic nitrogens is 1. The maximum Gasteiger partial charge on any atom is 0.124 e. The van der Waals surface area contributed by atoms with Crippen molar-refractivity contribution >= 4 is 10.9 Å². The van der Waals surface area contributed by atoms with Crippen molar-refractivity contribution in [3.8, 4) is 0 Å². The number of aromatic amines is 1. The molecular formula is C14H19FN2. The first-order valence-electron chi connectivity index (χ1n) is 6.04. The SMILES string of the molecule is Cc1cc(F)cc2cc(CNCC(C)C)[nH]c12. The number of hydrogen-bond acceptors (Lipinski definition) is 1. The van der Waals surface area contributed by atoms with E-state index in [4.69, 9.17) is 0 Å². The van der Waals surface area contributed by atoms with Gasteiger partial charge in [-0.1, -0.05) is 13.8 Å². The number of fused-ring (bicyclic) bond motifs is 1. The minimum Gasteiger partial charge on any atom is -0.357 e. The van der Waals surface area contributed by atoms with Crippen LogP contribution in [0.3, 0.4) is 0 Å². The maximum absolute atomic E-state index is 13.2. The van der Waals surface area contributed by atoms with E-state index in [1.807, 2.05) is 13.0 Å². The standard InChI is InChI=1S/C14H19FN2/c1-9(2)7-16-8-13-6-11-5-12(15)4-10(3)14(11)17-13/h4-6,9,16-17H,7-8H2,1-3H3. The van der Waals surface area contributed by atoms with Gasteiger partial charge in [0.1, 0.15) is 5.82 Å². The van der Waals surface area contributed by atoms with Gasteiger partial charge in [0.05, 0.1) is 0 Å². The fourth-order valence-electron chi connectivity index (χ4n) is 2.03. The number of halogens is 1. The Bertz CT molecular complexity index is 514. The van der Waals surface area contributed by atoms with E-state index in [9.17, 15) is 4.39 Å².